The Bertz CT molecular complexity index is 2160. The van der Waals surface area contributed by atoms with E-state index in [1.807, 2.05) is 12.4 Å². The molecule has 0 spiro atoms. The van der Waals surface area contributed by atoms with Crippen molar-refractivity contribution < 1.29 is 0 Å². The number of nitrogens with zero attached hydrogens (tertiary/aromatic N) is 2. The van der Waals surface area contributed by atoms with Crippen molar-refractivity contribution in [2.75, 3.05) is 0 Å². The Morgan fingerprint density at radius 3 is 2.36 bits per heavy atom. The van der Waals surface area contributed by atoms with Gasteiger partial charge in [-0.2, -0.15) is 0 Å². The maximum absolute atomic E-state index is 5.26. The first-order valence-electron chi connectivity index (χ1n) is 17.8. The van der Waals surface area contributed by atoms with Gasteiger partial charge in [0.2, 0.25) is 0 Å². The normalized spacial score (nSPS) is 19.2. The third-order valence-corrected chi connectivity index (χ3v) is 9.95. The lowest BCUT2D eigenvalue weighted by atomic mass is 9.84. The lowest BCUT2D eigenvalue weighted by Gasteiger charge is -2.27. The number of hydrogen-bond acceptors (Lipinski definition) is 3. The molecule has 1 unspecified atom stereocenters. The lowest BCUT2D eigenvalue weighted by molar-refractivity contribution is 0.771. The number of rotatable bonds is 8. The van der Waals surface area contributed by atoms with Gasteiger partial charge in [0.15, 0.2) is 0 Å². The van der Waals surface area contributed by atoms with E-state index in [1.54, 1.807) is 0 Å². The number of aliphatic imine (C=N–C) groups is 2. The second-order valence-corrected chi connectivity index (χ2v) is 13.3. The zero-order valence-corrected chi connectivity index (χ0v) is 28.3. The summed E-state index contributed by atoms with van der Waals surface area (Å²) < 4.78 is 0. The summed E-state index contributed by atoms with van der Waals surface area (Å²) in [7, 11) is 0. The zero-order valence-electron chi connectivity index (χ0n) is 28.3. The summed E-state index contributed by atoms with van der Waals surface area (Å²) in [5, 5.41) is 3.83. The summed E-state index contributed by atoms with van der Waals surface area (Å²) in [5.41, 5.74) is 15.2. The molecule has 1 heterocycles. The number of benzene rings is 4. The van der Waals surface area contributed by atoms with Crippen LogP contribution in [0.15, 0.2) is 184 Å². The highest BCUT2D eigenvalue weighted by atomic mass is 15.0. The number of amidine groups is 1. The van der Waals surface area contributed by atoms with Crippen LogP contribution >= 0.6 is 0 Å². The molecule has 4 aromatic rings. The van der Waals surface area contributed by atoms with Crippen molar-refractivity contribution in [2.24, 2.45) is 9.98 Å². The Hall–Kier alpha value is -5.80. The minimum Gasteiger partial charge on any atom is -0.359 e. The lowest BCUT2D eigenvalue weighted by Crippen LogP contribution is -2.32. The van der Waals surface area contributed by atoms with Gasteiger partial charge in [-0.3, -0.25) is 4.99 Å². The molecule has 50 heavy (non-hydrogen) atoms. The van der Waals surface area contributed by atoms with Crippen molar-refractivity contribution in [3.63, 3.8) is 0 Å². The molecule has 0 aromatic heterocycles. The highest BCUT2D eigenvalue weighted by Crippen LogP contribution is 2.35. The van der Waals surface area contributed by atoms with E-state index >= 15 is 0 Å². The molecule has 244 valence electrons. The topological polar surface area (TPSA) is 36.8 Å². The van der Waals surface area contributed by atoms with Gasteiger partial charge in [0.05, 0.1) is 11.7 Å². The van der Waals surface area contributed by atoms with Gasteiger partial charge < -0.3 is 5.32 Å². The molecule has 4 aromatic carbocycles. The number of aryl methyl sites for hydroxylation is 1. The van der Waals surface area contributed by atoms with E-state index in [2.05, 4.69) is 162 Å². The van der Waals surface area contributed by atoms with Crippen molar-refractivity contribution in [2.45, 2.75) is 44.6 Å². The van der Waals surface area contributed by atoms with Crippen molar-refractivity contribution in [3.05, 3.63) is 202 Å². The number of allylic oxidation sites excluding steroid dienone is 9. The van der Waals surface area contributed by atoms with Gasteiger partial charge in [-0.05, 0) is 105 Å². The highest BCUT2D eigenvalue weighted by Gasteiger charge is 2.23. The third-order valence-electron chi connectivity index (χ3n) is 9.95. The fourth-order valence-electron chi connectivity index (χ4n) is 7.11. The maximum Gasteiger partial charge on any atom is 0.130 e. The molecule has 0 fully saturated rings. The molecule has 0 amide bonds. The summed E-state index contributed by atoms with van der Waals surface area (Å²) >= 11 is 0. The van der Waals surface area contributed by atoms with Crippen LogP contribution in [-0.2, 0) is 12.8 Å². The van der Waals surface area contributed by atoms with E-state index in [9.17, 15) is 0 Å². The minimum absolute atomic E-state index is 0.00600. The molecule has 1 aliphatic heterocycles. The van der Waals surface area contributed by atoms with Gasteiger partial charge in [0.1, 0.15) is 5.84 Å². The number of nitrogens with one attached hydrogen (secondary N) is 1. The Morgan fingerprint density at radius 2 is 1.52 bits per heavy atom. The molecule has 0 bridgehead atoms. The van der Waals surface area contributed by atoms with Crippen molar-refractivity contribution in [3.8, 4) is 11.1 Å². The summed E-state index contributed by atoms with van der Waals surface area (Å²) in [6, 6.07) is 37.1. The van der Waals surface area contributed by atoms with Gasteiger partial charge in [-0.1, -0.05) is 140 Å². The Balaban J connectivity index is 1.07. The summed E-state index contributed by atoms with van der Waals surface area (Å²) in [6.07, 6.45) is 27.6. The number of fused-ring (bicyclic) bond motifs is 1. The minimum atomic E-state index is -0.00600. The van der Waals surface area contributed by atoms with Gasteiger partial charge >= 0.3 is 0 Å². The van der Waals surface area contributed by atoms with Gasteiger partial charge in [0, 0.05) is 18.8 Å². The van der Waals surface area contributed by atoms with Crippen LogP contribution in [0.1, 0.15) is 59.5 Å². The molecule has 0 saturated heterocycles. The average molecular weight is 648 g/mol. The van der Waals surface area contributed by atoms with Crippen LogP contribution in [0.4, 0.5) is 0 Å². The quantitative estimate of drug-likeness (QED) is 0.190. The Labute approximate surface area is 295 Å². The fraction of sp³-hybridized carbons (Fsp3) is 0.149. The highest BCUT2D eigenvalue weighted by molar-refractivity contribution is 6.03. The summed E-state index contributed by atoms with van der Waals surface area (Å²) in [6.45, 7) is 0. The summed E-state index contributed by atoms with van der Waals surface area (Å²) in [4.78, 5) is 9.82. The molecule has 4 aliphatic rings. The Morgan fingerprint density at radius 1 is 0.720 bits per heavy atom. The van der Waals surface area contributed by atoms with Gasteiger partial charge in [-0.25, -0.2) is 4.99 Å². The smallest absolute Gasteiger partial charge is 0.130 e. The van der Waals surface area contributed by atoms with Crippen LogP contribution in [0.3, 0.4) is 0 Å². The predicted octanol–water partition coefficient (Wildman–Crippen LogP) is 11.1. The molecule has 0 saturated carbocycles. The Kier molecular flexibility index (Phi) is 9.29. The van der Waals surface area contributed by atoms with Crippen LogP contribution in [-0.4, -0.2) is 12.1 Å². The third kappa shape index (κ3) is 7.28. The van der Waals surface area contributed by atoms with Crippen molar-refractivity contribution >= 4 is 23.8 Å². The monoisotopic (exact) mass is 647 g/mol. The first kappa shape index (κ1) is 31.5. The molecule has 3 heteroatoms. The fourth-order valence-corrected chi connectivity index (χ4v) is 7.11. The van der Waals surface area contributed by atoms with Crippen LogP contribution in [0, 0.1) is 0 Å². The van der Waals surface area contributed by atoms with E-state index in [4.69, 9.17) is 4.99 Å². The van der Waals surface area contributed by atoms with Crippen molar-refractivity contribution in [1.29, 1.82) is 0 Å². The van der Waals surface area contributed by atoms with Crippen LogP contribution in [0.2, 0.25) is 0 Å². The van der Waals surface area contributed by atoms with Crippen molar-refractivity contribution in [1.82, 2.24) is 5.32 Å². The zero-order chi connectivity index (χ0) is 33.5. The van der Waals surface area contributed by atoms with Crippen LogP contribution in [0.25, 0.3) is 22.9 Å². The maximum atomic E-state index is 5.26. The van der Waals surface area contributed by atoms with Gasteiger partial charge in [0.25, 0.3) is 0 Å². The first-order chi connectivity index (χ1) is 24.7. The number of hydrogen-bond donors (Lipinski definition) is 1. The van der Waals surface area contributed by atoms with E-state index in [0.29, 0.717) is 0 Å². The second-order valence-electron chi connectivity index (χ2n) is 13.3. The standard InChI is InChI=1S/C47H41N3/c1-3-10-35(11-4-1)33-48-29-28-34-18-20-39(21-19-34)45-32-46(44-17-9-16-42(31-44)36-12-5-2-6-13-36)50-47(49-45)40-25-22-38(23-26-40)43-27-24-37-14-7-8-15-41(37)30-43/h1-10,12-22,25,29-33,46H,11,23-24,26-28H2,(H,49,50)/b35-33-,48-29-. The molecule has 1 N–H and O–H groups in total. The molecule has 3 aliphatic carbocycles. The molecule has 1 atom stereocenters. The van der Waals surface area contributed by atoms with Crippen LogP contribution < -0.4 is 5.32 Å². The SMILES string of the molecule is C1=CC/C(=C\N=C/Cc2ccc(C3=CC(c4cccc(-c5ccccc5)c4)NC(C4=CC=C(C5=Cc6ccccc6CC5)CC4)=N3)cc2)C=C1. The van der Waals surface area contributed by atoms with E-state index in [1.165, 1.54) is 55.7 Å². The van der Waals surface area contributed by atoms with E-state index in [0.717, 1.165) is 55.6 Å². The van der Waals surface area contributed by atoms with Gasteiger partial charge in [-0.15, -0.1) is 0 Å². The average Bonchev–Trinajstić information content (AvgIpc) is 3.20. The molecular formula is C47H41N3. The first-order valence-corrected chi connectivity index (χ1v) is 17.8. The molecule has 8 rings (SSSR count). The van der Waals surface area contributed by atoms with Crippen LogP contribution in [0.5, 0.6) is 0 Å². The second kappa shape index (κ2) is 14.8. The molecule has 3 nitrogen and oxygen atoms in total. The molecule has 0 radical (unpaired) electrons. The largest absolute Gasteiger partial charge is 0.359 e. The van der Waals surface area contributed by atoms with E-state index in [-0.39, 0.29) is 6.04 Å². The summed E-state index contributed by atoms with van der Waals surface area (Å²) in [5.74, 6) is 0.965. The predicted molar refractivity (Wildman–Crippen MR) is 211 cm³/mol. The molecular weight excluding hydrogens is 607 g/mol. The van der Waals surface area contributed by atoms with E-state index < -0.39 is 0 Å².